The SMILES string of the molecule is CCOC(=O)C(C)(C)Oc1ccc(CNc2ccc(C)cc2)cc1.Cl. The van der Waals surface area contributed by atoms with Crippen LogP contribution in [0.15, 0.2) is 48.5 Å². The summed E-state index contributed by atoms with van der Waals surface area (Å²) in [5.41, 5.74) is 2.46. The van der Waals surface area contributed by atoms with Crippen LogP contribution in [0.5, 0.6) is 5.75 Å². The number of aryl methyl sites for hydroxylation is 1. The number of halogens is 1. The molecule has 0 bridgehead atoms. The minimum atomic E-state index is -1.00. The van der Waals surface area contributed by atoms with Crippen molar-refractivity contribution in [2.24, 2.45) is 0 Å². The van der Waals surface area contributed by atoms with E-state index in [0.717, 1.165) is 17.8 Å². The molecule has 0 spiro atoms. The topological polar surface area (TPSA) is 47.6 Å². The molecule has 4 nitrogen and oxygen atoms in total. The molecule has 0 saturated heterocycles. The van der Waals surface area contributed by atoms with E-state index in [1.807, 2.05) is 24.3 Å². The molecule has 2 rings (SSSR count). The van der Waals surface area contributed by atoms with E-state index >= 15 is 0 Å². The van der Waals surface area contributed by atoms with Crippen molar-refractivity contribution < 1.29 is 14.3 Å². The van der Waals surface area contributed by atoms with E-state index in [-0.39, 0.29) is 18.4 Å². The minimum Gasteiger partial charge on any atom is -0.476 e. The van der Waals surface area contributed by atoms with Gasteiger partial charge in [-0.1, -0.05) is 29.8 Å². The van der Waals surface area contributed by atoms with Crippen LogP contribution in [0.1, 0.15) is 31.9 Å². The average Bonchev–Trinajstić information content (AvgIpc) is 2.55. The third-order valence-electron chi connectivity index (χ3n) is 3.61. The van der Waals surface area contributed by atoms with E-state index in [9.17, 15) is 4.79 Å². The summed E-state index contributed by atoms with van der Waals surface area (Å²) < 4.78 is 10.8. The molecule has 0 aliphatic carbocycles. The van der Waals surface area contributed by atoms with Crippen LogP contribution in [0.2, 0.25) is 0 Å². The molecule has 0 aliphatic rings. The van der Waals surface area contributed by atoms with Crippen LogP contribution in [0.3, 0.4) is 0 Å². The Morgan fingerprint density at radius 3 is 2.20 bits per heavy atom. The summed E-state index contributed by atoms with van der Waals surface area (Å²) in [4.78, 5) is 11.9. The first kappa shape index (κ1) is 20.8. The van der Waals surface area contributed by atoms with Crippen molar-refractivity contribution in [1.82, 2.24) is 0 Å². The van der Waals surface area contributed by atoms with Gasteiger partial charge in [-0.3, -0.25) is 0 Å². The van der Waals surface area contributed by atoms with Crippen LogP contribution in [-0.4, -0.2) is 18.2 Å². The zero-order valence-corrected chi connectivity index (χ0v) is 16.0. The van der Waals surface area contributed by atoms with E-state index in [1.54, 1.807) is 20.8 Å². The van der Waals surface area contributed by atoms with E-state index in [0.29, 0.717) is 12.4 Å². The number of rotatable bonds is 7. The lowest BCUT2D eigenvalue weighted by Gasteiger charge is -2.24. The molecule has 0 heterocycles. The van der Waals surface area contributed by atoms with Crippen molar-refractivity contribution in [2.75, 3.05) is 11.9 Å². The van der Waals surface area contributed by atoms with Crippen LogP contribution in [0, 0.1) is 6.92 Å². The van der Waals surface area contributed by atoms with Crippen LogP contribution >= 0.6 is 12.4 Å². The van der Waals surface area contributed by atoms with Gasteiger partial charge in [0.15, 0.2) is 5.60 Å². The summed E-state index contributed by atoms with van der Waals surface area (Å²) in [6.07, 6.45) is 0. The first-order valence-electron chi connectivity index (χ1n) is 8.16. The lowest BCUT2D eigenvalue weighted by atomic mass is 10.1. The second-order valence-electron chi connectivity index (χ2n) is 6.20. The second kappa shape index (κ2) is 9.33. The molecule has 0 radical (unpaired) electrons. The van der Waals surface area contributed by atoms with Gasteiger partial charge < -0.3 is 14.8 Å². The predicted molar refractivity (Wildman–Crippen MR) is 104 cm³/mol. The maximum absolute atomic E-state index is 11.9. The molecule has 0 unspecified atom stereocenters. The number of esters is 1. The molecule has 1 N–H and O–H groups in total. The van der Waals surface area contributed by atoms with Crippen molar-refractivity contribution in [2.45, 2.75) is 39.8 Å². The fourth-order valence-corrected chi connectivity index (χ4v) is 2.19. The summed E-state index contributed by atoms with van der Waals surface area (Å²) in [7, 11) is 0. The number of nitrogens with one attached hydrogen (secondary N) is 1. The molecule has 0 aromatic heterocycles. The van der Waals surface area contributed by atoms with Gasteiger partial charge in [-0.15, -0.1) is 12.4 Å². The normalized spacial score (nSPS) is 10.6. The summed E-state index contributed by atoms with van der Waals surface area (Å²) in [6.45, 7) is 8.33. The quantitative estimate of drug-likeness (QED) is 0.721. The lowest BCUT2D eigenvalue weighted by molar-refractivity contribution is -0.158. The first-order valence-corrected chi connectivity index (χ1v) is 8.16. The number of carbonyl (C=O) groups is 1. The highest BCUT2D eigenvalue weighted by Crippen LogP contribution is 2.21. The maximum atomic E-state index is 11.9. The van der Waals surface area contributed by atoms with Gasteiger partial charge in [0.25, 0.3) is 0 Å². The molecular weight excluding hydrogens is 338 g/mol. The molecule has 0 amide bonds. The highest BCUT2D eigenvalue weighted by Gasteiger charge is 2.31. The molecule has 0 fully saturated rings. The maximum Gasteiger partial charge on any atom is 0.349 e. The van der Waals surface area contributed by atoms with Crippen molar-refractivity contribution >= 4 is 24.1 Å². The van der Waals surface area contributed by atoms with Gasteiger partial charge in [0.05, 0.1) is 6.61 Å². The number of anilines is 1. The van der Waals surface area contributed by atoms with E-state index < -0.39 is 5.60 Å². The minimum absolute atomic E-state index is 0. The van der Waals surface area contributed by atoms with Crippen molar-refractivity contribution in [1.29, 1.82) is 0 Å². The lowest BCUT2D eigenvalue weighted by Crippen LogP contribution is -2.39. The van der Waals surface area contributed by atoms with Gasteiger partial charge in [0.1, 0.15) is 5.75 Å². The summed E-state index contributed by atoms with van der Waals surface area (Å²) >= 11 is 0. The molecule has 0 saturated carbocycles. The smallest absolute Gasteiger partial charge is 0.349 e. The Morgan fingerprint density at radius 1 is 1.04 bits per heavy atom. The van der Waals surface area contributed by atoms with Gasteiger partial charge in [0.2, 0.25) is 0 Å². The number of carbonyl (C=O) groups excluding carboxylic acids is 1. The fourth-order valence-electron chi connectivity index (χ4n) is 2.19. The van der Waals surface area contributed by atoms with E-state index in [4.69, 9.17) is 9.47 Å². The zero-order chi connectivity index (χ0) is 17.6. The number of hydrogen-bond donors (Lipinski definition) is 1. The Kier molecular flexibility index (Phi) is 7.78. The first-order chi connectivity index (χ1) is 11.4. The average molecular weight is 364 g/mol. The highest BCUT2D eigenvalue weighted by molar-refractivity contribution is 5.85. The van der Waals surface area contributed by atoms with E-state index in [2.05, 4.69) is 36.5 Å². The molecule has 0 atom stereocenters. The third kappa shape index (κ3) is 6.31. The largest absolute Gasteiger partial charge is 0.476 e. The molecule has 136 valence electrons. The Morgan fingerprint density at radius 2 is 1.64 bits per heavy atom. The summed E-state index contributed by atoms with van der Waals surface area (Å²) in [5, 5.41) is 3.38. The molecule has 25 heavy (non-hydrogen) atoms. The number of ether oxygens (including phenoxy) is 2. The Balaban J connectivity index is 0.00000312. The van der Waals surface area contributed by atoms with Crippen molar-refractivity contribution in [3.05, 3.63) is 59.7 Å². The summed E-state index contributed by atoms with van der Waals surface area (Å²) in [6, 6.07) is 16.0. The predicted octanol–water partition coefficient (Wildman–Crippen LogP) is 4.75. The monoisotopic (exact) mass is 363 g/mol. The fraction of sp³-hybridized carbons (Fsp3) is 0.350. The van der Waals surface area contributed by atoms with Gasteiger partial charge >= 0.3 is 5.97 Å². The van der Waals surface area contributed by atoms with Gasteiger partial charge in [-0.05, 0) is 57.5 Å². The van der Waals surface area contributed by atoms with Crippen LogP contribution in [0.4, 0.5) is 5.69 Å². The molecule has 2 aromatic rings. The number of hydrogen-bond acceptors (Lipinski definition) is 4. The van der Waals surface area contributed by atoms with Gasteiger partial charge in [0, 0.05) is 12.2 Å². The van der Waals surface area contributed by atoms with E-state index in [1.165, 1.54) is 5.56 Å². The highest BCUT2D eigenvalue weighted by atomic mass is 35.5. The van der Waals surface area contributed by atoms with Crippen LogP contribution < -0.4 is 10.1 Å². The van der Waals surface area contributed by atoms with Crippen molar-refractivity contribution in [3.63, 3.8) is 0 Å². The molecule has 0 aliphatic heterocycles. The molecule has 2 aromatic carbocycles. The summed E-state index contributed by atoms with van der Waals surface area (Å²) in [5.74, 6) is 0.280. The Hall–Kier alpha value is -2.20. The second-order valence-corrected chi connectivity index (χ2v) is 6.20. The van der Waals surface area contributed by atoms with Crippen molar-refractivity contribution in [3.8, 4) is 5.75 Å². The molecular formula is C20H26ClNO3. The van der Waals surface area contributed by atoms with Crippen LogP contribution in [0.25, 0.3) is 0 Å². The van der Waals surface area contributed by atoms with Crippen LogP contribution in [-0.2, 0) is 16.1 Å². The molecule has 5 heteroatoms. The third-order valence-corrected chi connectivity index (χ3v) is 3.61. The number of benzene rings is 2. The Bertz CT molecular complexity index is 666. The zero-order valence-electron chi connectivity index (χ0n) is 15.2. The van der Waals surface area contributed by atoms with Gasteiger partial charge in [-0.25, -0.2) is 4.79 Å². The Labute approximate surface area is 155 Å². The standard InChI is InChI=1S/C20H25NO3.ClH/c1-5-23-19(22)20(3,4)24-18-12-8-16(9-13-18)14-21-17-10-6-15(2)7-11-17;/h6-13,21H,5,14H2,1-4H3;1H. The van der Waals surface area contributed by atoms with Gasteiger partial charge in [-0.2, -0.15) is 0 Å².